The molecule has 0 unspecified atom stereocenters. The first kappa shape index (κ1) is 17.2. The lowest BCUT2D eigenvalue weighted by Gasteiger charge is -2.31. The number of hydrogen-bond donors (Lipinski definition) is 1. The van der Waals surface area contributed by atoms with E-state index in [0.717, 1.165) is 55.5 Å². The minimum absolute atomic E-state index is 0.612. The van der Waals surface area contributed by atoms with Crippen LogP contribution >= 0.6 is 0 Å². The number of aryl methyl sites for hydroxylation is 1. The molecule has 0 aromatic carbocycles. The number of nitrogens with zero attached hydrogens (tertiary/aromatic N) is 5. The monoisotopic (exact) mass is 332 g/mol. The van der Waals surface area contributed by atoms with Gasteiger partial charge in [-0.3, -0.25) is 0 Å². The van der Waals surface area contributed by atoms with Crippen molar-refractivity contribution >= 4 is 5.96 Å². The van der Waals surface area contributed by atoms with Crippen LogP contribution in [-0.2, 0) is 19.5 Å². The lowest BCUT2D eigenvalue weighted by atomic mass is 9.83. The van der Waals surface area contributed by atoms with Crippen LogP contribution in [0.2, 0.25) is 0 Å². The normalized spacial score (nSPS) is 24.0. The third-order valence-corrected chi connectivity index (χ3v) is 5.42. The van der Waals surface area contributed by atoms with Gasteiger partial charge in [0, 0.05) is 33.1 Å². The smallest absolute Gasteiger partial charge is 0.194 e. The Morgan fingerprint density at radius 1 is 1.29 bits per heavy atom. The van der Waals surface area contributed by atoms with Crippen molar-refractivity contribution in [2.75, 3.05) is 20.1 Å². The number of nitrogens with one attached hydrogen (secondary N) is 1. The molecular formula is C18H32N6. The molecule has 1 aromatic heterocycles. The Hall–Kier alpha value is -1.59. The van der Waals surface area contributed by atoms with Crippen molar-refractivity contribution in [2.24, 2.45) is 16.8 Å². The fraction of sp³-hybridized carbons (Fsp3) is 0.833. The molecule has 24 heavy (non-hydrogen) atoms. The Bertz CT molecular complexity index is 556. The van der Waals surface area contributed by atoms with Crippen LogP contribution in [0.15, 0.2) is 4.99 Å². The summed E-state index contributed by atoms with van der Waals surface area (Å²) in [4.78, 5) is 7.12. The van der Waals surface area contributed by atoms with E-state index in [1.54, 1.807) is 0 Å². The zero-order valence-electron chi connectivity index (χ0n) is 15.5. The molecule has 2 aliphatic rings. The summed E-state index contributed by atoms with van der Waals surface area (Å²) in [5.41, 5.74) is 0. The number of fused-ring (bicyclic) bond motifs is 1. The highest BCUT2D eigenvalue weighted by molar-refractivity contribution is 5.79. The highest BCUT2D eigenvalue weighted by Crippen LogP contribution is 2.28. The zero-order valence-corrected chi connectivity index (χ0v) is 15.5. The second kappa shape index (κ2) is 7.99. The third-order valence-electron chi connectivity index (χ3n) is 5.42. The summed E-state index contributed by atoms with van der Waals surface area (Å²) >= 11 is 0. The van der Waals surface area contributed by atoms with E-state index in [1.165, 1.54) is 32.1 Å². The van der Waals surface area contributed by atoms with Crippen molar-refractivity contribution in [2.45, 2.75) is 65.5 Å². The van der Waals surface area contributed by atoms with Gasteiger partial charge in [-0.1, -0.05) is 19.8 Å². The van der Waals surface area contributed by atoms with E-state index in [9.17, 15) is 0 Å². The molecule has 0 amide bonds. The molecule has 3 rings (SSSR count). The van der Waals surface area contributed by atoms with Gasteiger partial charge in [-0.05, 0) is 38.0 Å². The van der Waals surface area contributed by atoms with Crippen LogP contribution in [0.3, 0.4) is 0 Å². The molecule has 1 aromatic rings. The predicted octanol–water partition coefficient (Wildman–Crippen LogP) is 2.45. The van der Waals surface area contributed by atoms with Gasteiger partial charge >= 0.3 is 0 Å². The summed E-state index contributed by atoms with van der Waals surface area (Å²) in [5.74, 6) is 4.81. The molecule has 0 radical (unpaired) electrons. The number of hydrogen-bond acceptors (Lipinski definition) is 3. The number of aliphatic imine (C=N–C) groups is 1. The molecule has 1 aliphatic heterocycles. The largest absolute Gasteiger partial charge is 0.357 e. The van der Waals surface area contributed by atoms with Crippen LogP contribution in [0, 0.1) is 11.8 Å². The second-order valence-electron chi connectivity index (χ2n) is 7.46. The van der Waals surface area contributed by atoms with Gasteiger partial charge in [-0.15, -0.1) is 10.2 Å². The fourth-order valence-corrected chi connectivity index (χ4v) is 3.93. The highest BCUT2D eigenvalue weighted by atomic mass is 15.3. The van der Waals surface area contributed by atoms with Crippen molar-refractivity contribution in [3.63, 3.8) is 0 Å². The van der Waals surface area contributed by atoms with Crippen molar-refractivity contribution in [3.05, 3.63) is 11.6 Å². The summed E-state index contributed by atoms with van der Waals surface area (Å²) in [6.45, 7) is 8.14. The minimum atomic E-state index is 0.612. The first-order valence-corrected chi connectivity index (χ1v) is 9.57. The Morgan fingerprint density at radius 3 is 2.83 bits per heavy atom. The first-order chi connectivity index (χ1) is 11.7. The summed E-state index contributed by atoms with van der Waals surface area (Å²) in [7, 11) is 2.16. The molecule has 0 spiro atoms. The third kappa shape index (κ3) is 4.08. The molecule has 6 nitrogen and oxygen atoms in total. The number of guanidine groups is 1. The van der Waals surface area contributed by atoms with E-state index in [4.69, 9.17) is 4.99 Å². The molecule has 2 heterocycles. The van der Waals surface area contributed by atoms with Gasteiger partial charge in [0.2, 0.25) is 0 Å². The van der Waals surface area contributed by atoms with Crippen molar-refractivity contribution in [1.82, 2.24) is 25.0 Å². The second-order valence-corrected chi connectivity index (χ2v) is 7.46. The topological polar surface area (TPSA) is 58.3 Å². The summed E-state index contributed by atoms with van der Waals surface area (Å²) in [5, 5.41) is 12.0. The number of aromatic nitrogens is 3. The van der Waals surface area contributed by atoms with Gasteiger partial charge < -0.3 is 14.8 Å². The van der Waals surface area contributed by atoms with Crippen LogP contribution in [-0.4, -0.2) is 45.8 Å². The number of rotatable bonds is 5. The van der Waals surface area contributed by atoms with E-state index in [1.807, 2.05) is 0 Å². The predicted molar refractivity (Wildman–Crippen MR) is 96.9 cm³/mol. The molecule has 0 saturated heterocycles. The minimum Gasteiger partial charge on any atom is -0.357 e. The lowest BCUT2D eigenvalue weighted by Crippen LogP contribution is -2.41. The van der Waals surface area contributed by atoms with Crippen LogP contribution in [0.4, 0.5) is 0 Å². The first-order valence-electron chi connectivity index (χ1n) is 9.57. The molecule has 0 atom stereocenters. The van der Waals surface area contributed by atoms with Crippen LogP contribution < -0.4 is 5.32 Å². The Labute approximate surface area is 145 Å². The molecule has 1 saturated carbocycles. The highest BCUT2D eigenvalue weighted by Gasteiger charge is 2.21. The Balaban J connectivity index is 1.60. The summed E-state index contributed by atoms with van der Waals surface area (Å²) in [6.07, 6.45) is 7.68. The van der Waals surface area contributed by atoms with Gasteiger partial charge in [0.15, 0.2) is 11.8 Å². The molecule has 1 N–H and O–H groups in total. The van der Waals surface area contributed by atoms with E-state index in [-0.39, 0.29) is 0 Å². The van der Waals surface area contributed by atoms with Crippen molar-refractivity contribution in [3.8, 4) is 0 Å². The van der Waals surface area contributed by atoms with Gasteiger partial charge in [-0.2, -0.15) is 0 Å². The Kier molecular flexibility index (Phi) is 5.74. The quantitative estimate of drug-likeness (QED) is 0.665. The van der Waals surface area contributed by atoms with Gasteiger partial charge in [-0.25, -0.2) is 4.99 Å². The standard InChI is InChI=1S/C18H32N6/c1-4-19-18(23(3)13-15-9-7-14(2)8-10-15)20-12-17-22-21-16-6-5-11-24(16)17/h14-15H,4-13H2,1-3H3,(H,19,20). The lowest BCUT2D eigenvalue weighted by molar-refractivity contribution is 0.250. The molecular weight excluding hydrogens is 300 g/mol. The molecule has 1 aliphatic carbocycles. The molecule has 6 heteroatoms. The maximum atomic E-state index is 4.82. The zero-order chi connectivity index (χ0) is 16.9. The summed E-state index contributed by atoms with van der Waals surface area (Å²) < 4.78 is 2.23. The SMILES string of the molecule is CCNC(=NCc1nnc2n1CCC2)N(C)CC1CCC(C)CC1. The van der Waals surface area contributed by atoms with Gasteiger partial charge in [0.1, 0.15) is 12.4 Å². The maximum Gasteiger partial charge on any atom is 0.194 e. The Morgan fingerprint density at radius 2 is 2.08 bits per heavy atom. The van der Waals surface area contributed by atoms with E-state index < -0.39 is 0 Å². The van der Waals surface area contributed by atoms with Gasteiger partial charge in [0.25, 0.3) is 0 Å². The van der Waals surface area contributed by atoms with Crippen LogP contribution in [0.25, 0.3) is 0 Å². The fourth-order valence-electron chi connectivity index (χ4n) is 3.93. The molecule has 0 bridgehead atoms. The maximum absolute atomic E-state index is 4.82. The van der Waals surface area contributed by atoms with Crippen LogP contribution in [0.1, 0.15) is 57.6 Å². The van der Waals surface area contributed by atoms with E-state index in [2.05, 4.69) is 45.9 Å². The van der Waals surface area contributed by atoms with E-state index in [0.29, 0.717) is 6.54 Å². The molecule has 134 valence electrons. The molecule has 1 fully saturated rings. The van der Waals surface area contributed by atoms with Crippen molar-refractivity contribution < 1.29 is 0 Å². The van der Waals surface area contributed by atoms with Gasteiger partial charge in [0.05, 0.1) is 0 Å². The van der Waals surface area contributed by atoms with Crippen molar-refractivity contribution in [1.29, 1.82) is 0 Å². The van der Waals surface area contributed by atoms with Crippen LogP contribution in [0.5, 0.6) is 0 Å². The average molecular weight is 332 g/mol. The van der Waals surface area contributed by atoms with E-state index >= 15 is 0 Å². The summed E-state index contributed by atoms with van der Waals surface area (Å²) in [6, 6.07) is 0. The average Bonchev–Trinajstić information content (AvgIpc) is 3.17.